The molecule has 1 aromatic rings. The second-order valence-electron chi connectivity index (χ2n) is 5.61. The van der Waals surface area contributed by atoms with Crippen molar-refractivity contribution in [2.24, 2.45) is 0 Å². The lowest BCUT2D eigenvalue weighted by atomic mass is 10.3. The second kappa shape index (κ2) is 9.70. The SMILES string of the molecule is CCN(CC)S(=O)(=O)c1cc(NC(=O)COC(=O)C=C(C)C)ccc1Cl. The van der Waals surface area contributed by atoms with E-state index in [0.717, 1.165) is 5.57 Å². The first-order valence-corrected chi connectivity index (χ1v) is 9.84. The van der Waals surface area contributed by atoms with Gasteiger partial charge in [-0.3, -0.25) is 4.79 Å². The van der Waals surface area contributed by atoms with Gasteiger partial charge in [-0.1, -0.05) is 31.0 Å². The monoisotopic (exact) mass is 402 g/mol. The molecular formula is C17H23ClN2O5S. The molecule has 0 aliphatic heterocycles. The first-order valence-electron chi connectivity index (χ1n) is 8.03. The van der Waals surface area contributed by atoms with E-state index in [1.165, 1.54) is 28.6 Å². The summed E-state index contributed by atoms with van der Waals surface area (Å²) in [5.41, 5.74) is 0.989. The van der Waals surface area contributed by atoms with Crippen molar-refractivity contribution in [3.8, 4) is 0 Å². The van der Waals surface area contributed by atoms with E-state index < -0.39 is 28.5 Å². The molecule has 1 amide bonds. The zero-order chi connectivity index (χ0) is 19.9. The summed E-state index contributed by atoms with van der Waals surface area (Å²) in [6.45, 7) is 7.02. The van der Waals surface area contributed by atoms with Crippen molar-refractivity contribution in [3.63, 3.8) is 0 Å². The molecular weight excluding hydrogens is 380 g/mol. The van der Waals surface area contributed by atoms with Crippen molar-refractivity contribution in [3.05, 3.63) is 34.9 Å². The Kier molecular flexibility index (Phi) is 8.26. The van der Waals surface area contributed by atoms with Crippen LogP contribution in [0.5, 0.6) is 0 Å². The van der Waals surface area contributed by atoms with Gasteiger partial charge in [-0.15, -0.1) is 0 Å². The van der Waals surface area contributed by atoms with Crippen molar-refractivity contribution in [2.45, 2.75) is 32.6 Å². The van der Waals surface area contributed by atoms with E-state index in [4.69, 9.17) is 16.3 Å². The molecule has 0 spiro atoms. The number of nitrogens with one attached hydrogen (secondary N) is 1. The van der Waals surface area contributed by atoms with Gasteiger partial charge >= 0.3 is 5.97 Å². The minimum absolute atomic E-state index is 0.0601. The molecule has 0 heterocycles. The third-order valence-corrected chi connectivity index (χ3v) is 5.82. The molecule has 0 saturated carbocycles. The van der Waals surface area contributed by atoms with Crippen molar-refractivity contribution in [1.82, 2.24) is 4.31 Å². The Bertz CT molecular complexity index is 797. The van der Waals surface area contributed by atoms with Gasteiger partial charge in [-0.25, -0.2) is 13.2 Å². The Balaban J connectivity index is 2.92. The molecule has 144 valence electrons. The highest BCUT2D eigenvalue weighted by Gasteiger charge is 2.25. The zero-order valence-electron chi connectivity index (χ0n) is 15.2. The van der Waals surface area contributed by atoms with Gasteiger partial charge in [-0.2, -0.15) is 4.31 Å². The lowest BCUT2D eigenvalue weighted by Crippen LogP contribution is -2.31. The molecule has 1 rings (SSSR count). The first-order chi connectivity index (χ1) is 12.1. The normalized spacial score (nSPS) is 11.2. The number of ether oxygens (including phenoxy) is 1. The van der Waals surface area contributed by atoms with Crippen LogP contribution in [0.4, 0.5) is 5.69 Å². The van der Waals surface area contributed by atoms with Crippen molar-refractivity contribution < 1.29 is 22.7 Å². The molecule has 0 unspecified atom stereocenters. The Labute approximate surface area is 159 Å². The molecule has 0 saturated heterocycles. The molecule has 0 atom stereocenters. The van der Waals surface area contributed by atoms with Gasteiger partial charge in [0.15, 0.2) is 6.61 Å². The van der Waals surface area contributed by atoms with E-state index >= 15 is 0 Å². The summed E-state index contributed by atoms with van der Waals surface area (Å²) < 4.78 is 31.3. The van der Waals surface area contributed by atoms with Crippen LogP contribution in [0.1, 0.15) is 27.7 Å². The number of carbonyl (C=O) groups excluding carboxylic acids is 2. The number of hydrogen-bond donors (Lipinski definition) is 1. The van der Waals surface area contributed by atoms with E-state index in [0.29, 0.717) is 13.1 Å². The van der Waals surface area contributed by atoms with Crippen molar-refractivity contribution in [1.29, 1.82) is 0 Å². The molecule has 1 aromatic carbocycles. The minimum Gasteiger partial charge on any atom is -0.452 e. The number of rotatable bonds is 8. The summed E-state index contributed by atoms with van der Waals surface area (Å²) >= 11 is 6.03. The van der Waals surface area contributed by atoms with Crippen LogP contribution in [0, 0.1) is 0 Å². The molecule has 1 N–H and O–H groups in total. The largest absolute Gasteiger partial charge is 0.452 e. The predicted octanol–water partition coefficient (Wildman–Crippen LogP) is 2.82. The number of carbonyl (C=O) groups is 2. The van der Waals surface area contributed by atoms with Crippen LogP contribution in [0.25, 0.3) is 0 Å². The molecule has 0 aromatic heterocycles. The Morgan fingerprint density at radius 2 is 1.85 bits per heavy atom. The molecule has 0 aliphatic carbocycles. The number of amides is 1. The quantitative estimate of drug-likeness (QED) is 0.533. The van der Waals surface area contributed by atoms with Crippen LogP contribution in [0.2, 0.25) is 5.02 Å². The average Bonchev–Trinajstić information content (AvgIpc) is 2.55. The first kappa shape index (κ1) is 22.1. The number of nitrogens with zero attached hydrogens (tertiary/aromatic N) is 1. The van der Waals surface area contributed by atoms with E-state index in [-0.39, 0.29) is 15.6 Å². The van der Waals surface area contributed by atoms with Crippen LogP contribution in [-0.2, 0) is 24.3 Å². The molecule has 0 fully saturated rings. The topological polar surface area (TPSA) is 92.8 Å². The third kappa shape index (κ3) is 6.12. The summed E-state index contributed by atoms with van der Waals surface area (Å²) in [4.78, 5) is 23.2. The Morgan fingerprint density at radius 1 is 1.23 bits per heavy atom. The van der Waals surface area contributed by atoms with E-state index in [2.05, 4.69) is 5.32 Å². The summed E-state index contributed by atoms with van der Waals surface area (Å²) in [7, 11) is -3.77. The maximum atomic E-state index is 12.6. The fourth-order valence-corrected chi connectivity index (χ4v) is 4.05. The van der Waals surface area contributed by atoms with Gasteiger partial charge in [0, 0.05) is 24.9 Å². The van der Waals surface area contributed by atoms with E-state index in [9.17, 15) is 18.0 Å². The minimum atomic E-state index is -3.77. The molecule has 26 heavy (non-hydrogen) atoms. The number of allylic oxidation sites excluding steroid dienone is 1. The van der Waals surface area contributed by atoms with Crippen LogP contribution >= 0.6 is 11.6 Å². The van der Waals surface area contributed by atoms with Crippen LogP contribution in [0.15, 0.2) is 34.7 Å². The van der Waals surface area contributed by atoms with E-state index in [1.54, 1.807) is 27.7 Å². The Hall–Kier alpha value is -1.90. The number of hydrogen-bond acceptors (Lipinski definition) is 5. The predicted molar refractivity (Wildman–Crippen MR) is 101 cm³/mol. The lowest BCUT2D eigenvalue weighted by molar-refractivity contribution is -0.142. The number of anilines is 1. The van der Waals surface area contributed by atoms with Crippen molar-refractivity contribution >= 4 is 39.2 Å². The van der Waals surface area contributed by atoms with Crippen LogP contribution in [0.3, 0.4) is 0 Å². The van der Waals surface area contributed by atoms with Gasteiger partial charge in [0.25, 0.3) is 5.91 Å². The number of benzene rings is 1. The maximum Gasteiger partial charge on any atom is 0.331 e. The fraction of sp³-hybridized carbons (Fsp3) is 0.412. The molecule has 9 heteroatoms. The van der Waals surface area contributed by atoms with Gasteiger partial charge in [-0.05, 0) is 32.0 Å². The van der Waals surface area contributed by atoms with Gasteiger partial charge in [0.1, 0.15) is 4.90 Å². The maximum absolute atomic E-state index is 12.6. The van der Waals surface area contributed by atoms with E-state index in [1.807, 2.05) is 0 Å². The summed E-state index contributed by atoms with van der Waals surface area (Å²) in [5, 5.41) is 2.55. The van der Waals surface area contributed by atoms with Crippen LogP contribution in [-0.4, -0.2) is 44.3 Å². The summed E-state index contributed by atoms with van der Waals surface area (Å²) in [6.07, 6.45) is 1.27. The highest BCUT2D eigenvalue weighted by atomic mass is 35.5. The van der Waals surface area contributed by atoms with Gasteiger partial charge in [0.05, 0.1) is 5.02 Å². The van der Waals surface area contributed by atoms with Gasteiger partial charge < -0.3 is 10.1 Å². The van der Waals surface area contributed by atoms with Crippen molar-refractivity contribution in [2.75, 3.05) is 25.0 Å². The third-order valence-electron chi connectivity index (χ3n) is 3.29. The average molecular weight is 403 g/mol. The lowest BCUT2D eigenvalue weighted by Gasteiger charge is -2.19. The second-order valence-corrected chi connectivity index (χ2v) is 7.93. The summed E-state index contributed by atoms with van der Waals surface area (Å²) in [5.74, 6) is -1.21. The molecule has 0 bridgehead atoms. The number of sulfonamides is 1. The number of halogens is 1. The molecule has 0 aliphatic rings. The standard InChI is InChI=1S/C17H23ClN2O5S/c1-5-20(6-2)26(23,24)15-10-13(7-8-14(15)18)19-16(21)11-25-17(22)9-12(3)4/h7-10H,5-6,11H2,1-4H3,(H,19,21). The summed E-state index contributed by atoms with van der Waals surface area (Å²) in [6, 6.07) is 4.15. The Morgan fingerprint density at radius 3 is 2.38 bits per heavy atom. The smallest absolute Gasteiger partial charge is 0.331 e. The van der Waals surface area contributed by atoms with Crippen LogP contribution < -0.4 is 5.32 Å². The van der Waals surface area contributed by atoms with Gasteiger partial charge in [0.2, 0.25) is 10.0 Å². The molecule has 0 radical (unpaired) electrons. The highest BCUT2D eigenvalue weighted by molar-refractivity contribution is 7.89. The fourth-order valence-electron chi connectivity index (χ4n) is 2.09. The molecule has 7 nitrogen and oxygen atoms in total. The number of esters is 1. The zero-order valence-corrected chi connectivity index (χ0v) is 16.8. The highest BCUT2D eigenvalue weighted by Crippen LogP contribution is 2.27.